The molecule has 1 saturated heterocycles. The van der Waals surface area contributed by atoms with E-state index in [-0.39, 0.29) is 18.2 Å². The number of nitrogens with one attached hydrogen (secondary N) is 1. The molecule has 0 unspecified atom stereocenters. The van der Waals surface area contributed by atoms with Crippen molar-refractivity contribution in [2.45, 2.75) is 25.5 Å². The van der Waals surface area contributed by atoms with Gasteiger partial charge in [-0.15, -0.1) is 0 Å². The van der Waals surface area contributed by atoms with E-state index < -0.39 is 5.25 Å². The zero-order chi connectivity index (χ0) is 20.4. The SMILES string of the molecule is Cc1ccc(NC(=O)C[C@@H]2SC(=Nc3cccc(Cl)c3Cl)N(C)C2=O)cc1C. The van der Waals surface area contributed by atoms with Gasteiger partial charge in [0.15, 0.2) is 5.17 Å². The highest BCUT2D eigenvalue weighted by molar-refractivity contribution is 8.15. The maximum absolute atomic E-state index is 12.5. The van der Waals surface area contributed by atoms with Gasteiger partial charge in [0.05, 0.1) is 15.7 Å². The Morgan fingerprint density at radius 3 is 2.68 bits per heavy atom. The number of amidine groups is 1. The molecule has 1 atom stereocenters. The molecule has 2 amide bonds. The van der Waals surface area contributed by atoms with Crippen molar-refractivity contribution in [3.8, 4) is 0 Å². The number of hydrogen-bond acceptors (Lipinski definition) is 4. The largest absolute Gasteiger partial charge is 0.326 e. The first-order valence-corrected chi connectivity index (χ1v) is 10.2. The fraction of sp³-hybridized carbons (Fsp3) is 0.250. The van der Waals surface area contributed by atoms with Crippen molar-refractivity contribution in [2.24, 2.45) is 4.99 Å². The Morgan fingerprint density at radius 2 is 1.96 bits per heavy atom. The Hall–Kier alpha value is -2.02. The van der Waals surface area contributed by atoms with Crippen LogP contribution in [-0.4, -0.2) is 34.2 Å². The predicted octanol–water partition coefficient (Wildman–Crippen LogP) is 5.20. The molecule has 0 radical (unpaired) electrons. The molecule has 0 aliphatic carbocycles. The first kappa shape index (κ1) is 20.7. The highest BCUT2D eigenvalue weighted by Crippen LogP contribution is 2.35. The molecule has 3 rings (SSSR count). The lowest BCUT2D eigenvalue weighted by atomic mass is 10.1. The van der Waals surface area contributed by atoms with E-state index in [4.69, 9.17) is 23.2 Å². The van der Waals surface area contributed by atoms with Crippen molar-refractivity contribution in [2.75, 3.05) is 12.4 Å². The first-order valence-electron chi connectivity index (χ1n) is 8.60. The van der Waals surface area contributed by atoms with Gasteiger partial charge in [-0.25, -0.2) is 4.99 Å². The van der Waals surface area contributed by atoms with Gasteiger partial charge in [0.2, 0.25) is 11.8 Å². The summed E-state index contributed by atoms with van der Waals surface area (Å²) in [7, 11) is 1.63. The molecule has 2 aromatic carbocycles. The van der Waals surface area contributed by atoms with E-state index >= 15 is 0 Å². The minimum absolute atomic E-state index is 0.0586. The second-order valence-corrected chi connectivity index (χ2v) is 8.48. The number of halogens is 2. The van der Waals surface area contributed by atoms with E-state index in [1.807, 2.05) is 32.0 Å². The Bertz CT molecular complexity index is 978. The van der Waals surface area contributed by atoms with Crippen molar-refractivity contribution in [3.05, 3.63) is 57.6 Å². The summed E-state index contributed by atoms with van der Waals surface area (Å²) in [5.74, 6) is -0.387. The third kappa shape index (κ3) is 4.51. The second kappa shape index (κ2) is 8.55. The maximum atomic E-state index is 12.5. The van der Waals surface area contributed by atoms with Crippen molar-refractivity contribution in [3.63, 3.8) is 0 Å². The second-order valence-electron chi connectivity index (χ2n) is 6.52. The van der Waals surface area contributed by atoms with Gasteiger partial charge in [0.25, 0.3) is 0 Å². The number of amides is 2. The third-order valence-corrected chi connectivity index (χ3v) is 6.49. The number of hydrogen-bond donors (Lipinski definition) is 1. The number of benzene rings is 2. The van der Waals surface area contributed by atoms with Gasteiger partial charge in [-0.1, -0.05) is 47.1 Å². The molecule has 1 aliphatic heterocycles. The fourth-order valence-electron chi connectivity index (χ4n) is 2.68. The molecule has 1 fully saturated rings. The van der Waals surface area contributed by atoms with Crippen molar-refractivity contribution < 1.29 is 9.59 Å². The lowest BCUT2D eigenvalue weighted by Gasteiger charge is -2.10. The lowest BCUT2D eigenvalue weighted by molar-refractivity contribution is -0.127. The first-order chi connectivity index (χ1) is 13.3. The molecule has 1 aliphatic rings. The quantitative estimate of drug-likeness (QED) is 0.717. The highest BCUT2D eigenvalue weighted by atomic mass is 35.5. The van der Waals surface area contributed by atoms with E-state index in [2.05, 4.69) is 10.3 Å². The molecular weight excluding hydrogens is 417 g/mol. The zero-order valence-electron chi connectivity index (χ0n) is 15.6. The summed E-state index contributed by atoms with van der Waals surface area (Å²) in [6.07, 6.45) is 0.0586. The molecule has 0 bridgehead atoms. The molecule has 1 heterocycles. The van der Waals surface area contributed by atoms with E-state index in [1.54, 1.807) is 25.2 Å². The number of aliphatic imine (C=N–C) groups is 1. The molecule has 1 N–H and O–H groups in total. The molecule has 146 valence electrons. The molecule has 0 saturated carbocycles. The summed E-state index contributed by atoms with van der Waals surface area (Å²) in [4.78, 5) is 30.8. The number of carbonyl (C=O) groups excluding carboxylic acids is 2. The summed E-state index contributed by atoms with van der Waals surface area (Å²) in [5.41, 5.74) is 3.45. The van der Waals surface area contributed by atoms with Gasteiger partial charge in [0, 0.05) is 19.2 Å². The monoisotopic (exact) mass is 435 g/mol. The highest BCUT2D eigenvalue weighted by Gasteiger charge is 2.37. The molecule has 28 heavy (non-hydrogen) atoms. The van der Waals surface area contributed by atoms with Crippen LogP contribution in [0.5, 0.6) is 0 Å². The molecule has 2 aromatic rings. The number of carbonyl (C=O) groups is 2. The van der Waals surface area contributed by atoms with E-state index in [0.717, 1.165) is 16.8 Å². The van der Waals surface area contributed by atoms with Crippen LogP contribution in [0.2, 0.25) is 10.0 Å². The average Bonchev–Trinajstić information content (AvgIpc) is 2.90. The van der Waals surface area contributed by atoms with Gasteiger partial charge < -0.3 is 5.32 Å². The lowest BCUT2D eigenvalue weighted by Crippen LogP contribution is -2.30. The van der Waals surface area contributed by atoms with Crippen LogP contribution in [-0.2, 0) is 9.59 Å². The zero-order valence-corrected chi connectivity index (χ0v) is 18.0. The predicted molar refractivity (Wildman–Crippen MR) is 117 cm³/mol. The number of thioether (sulfide) groups is 1. The minimum Gasteiger partial charge on any atom is -0.326 e. The average molecular weight is 436 g/mol. The van der Waals surface area contributed by atoms with Gasteiger partial charge in [0.1, 0.15) is 5.25 Å². The van der Waals surface area contributed by atoms with Crippen LogP contribution >= 0.6 is 35.0 Å². The molecular formula is C20H19Cl2N3O2S. The van der Waals surface area contributed by atoms with E-state index in [1.165, 1.54) is 16.7 Å². The van der Waals surface area contributed by atoms with E-state index in [0.29, 0.717) is 20.9 Å². The Morgan fingerprint density at radius 1 is 1.21 bits per heavy atom. The number of aryl methyl sites for hydroxylation is 2. The van der Waals surface area contributed by atoms with Gasteiger partial charge in [-0.2, -0.15) is 0 Å². The van der Waals surface area contributed by atoms with Crippen LogP contribution < -0.4 is 5.32 Å². The summed E-state index contributed by atoms with van der Waals surface area (Å²) >= 11 is 13.4. The van der Waals surface area contributed by atoms with E-state index in [9.17, 15) is 9.59 Å². The number of nitrogens with zero attached hydrogens (tertiary/aromatic N) is 2. The molecule has 0 spiro atoms. The maximum Gasteiger partial charge on any atom is 0.242 e. The van der Waals surface area contributed by atoms with Gasteiger partial charge in [-0.05, 0) is 49.2 Å². The van der Waals surface area contributed by atoms with Crippen molar-refractivity contribution >= 4 is 63.3 Å². The van der Waals surface area contributed by atoms with Crippen molar-refractivity contribution in [1.29, 1.82) is 0 Å². The summed E-state index contributed by atoms with van der Waals surface area (Å²) in [6, 6.07) is 10.8. The van der Waals surface area contributed by atoms with Crippen LogP contribution in [0, 0.1) is 13.8 Å². The molecule has 8 heteroatoms. The Balaban J connectivity index is 1.70. The Kier molecular flexibility index (Phi) is 6.33. The fourth-order valence-corrected chi connectivity index (χ4v) is 4.16. The molecule has 0 aromatic heterocycles. The summed E-state index contributed by atoms with van der Waals surface area (Å²) in [6.45, 7) is 4.00. The van der Waals surface area contributed by atoms with Crippen LogP contribution in [0.3, 0.4) is 0 Å². The topological polar surface area (TPSA) is 61.8 Å². The van der Waals surface area contributed by atoms with Crippen LogP contribution in [0.15, 0.2) is 41.4 Å². The summed E-state index contributed by atoms with van der Waals surface area (Å²) < 4.78 is 0. The molecule has 5 nitrogen and oxygen atoms in total. The number of rotatable bonds is 4. The number of anilines is 1. The minimum atomic E-state index is -0.534. The van der Waals surface area contributed by atoms with Crippen molar-refractivity contribution in [1.82, 2.24) is 4.90 Å². The van der Waals surface area contributed by atoms with Crippen LogP contribution in [0.1, 0.15) is 17.5 Å². The van der Waals surface area contributed by atoms with Crippen LogP contribution in [0.25, 0.3) is 0 Å². The normalized spacial score (nSPS) is 18.0. The van der Waals surface area contributed by atoms with Crippen LogP contribution in [0.4, 0.5) is 11.4 Å². The van der Waals surface area contributed by atoms with Gasteiger partial charge in [-0.3, -0.25) is 14.5 Å². The Labute approximate surface area is 178 Å². The third-order valence-electron chi connectivity index (χ3n) is 4.45. The smallest absolute Gasteiger partial charge is 0.242 e. The standard InChI is InChI=1S/C20H19Cl2N3O2S/c1-11-7-8-13(9-12(11)2)23-17(26)10-16-19(27)25(3)20(28-16)24-15-6-4-5-14(21)18(15)22/h4-9,16H,10H2,1-3H3,(H,23,26)/t16-/m0/s1. The van der Waals surface area contributed by atoms with Gasteiger partial charge >= 0.3 is 0 Å². The summed E-state index contributed by atoms with van der Waals surface area (Å²) in [5, 5.41) is 3.52.